The van der Waals surface area contributed by atoms with E-state index in [0.717, 1.165) is 0 Å². The number of amides is 2. The van der Waals surface area contributed by atoms with Gasteiger partial charge in [0, 0.05) is 20.0 Å². The number of nitrogens with one attached hydrogen (secondary N) is 2. The summed E-state index contributed by atoms with van der Waals surface area (Å²) in [5, 5.41) is 8.79. The lowest BCUT2D eigenvalue weighted by atomic mass is 10.4. The highest BCUT2D eigenvalue weighted by Gasteiger charge is 2.05. The van der Waals surface area contributed by atoms with Gasteiger partial charge in [-0.1, -0.05) is 0 Å². The minimum atomic E-state index is -0.242. The predicted octanol–water partition coefficient (Wildman–Crippen LogP) is -1.89. The molecule has 8 nitrogen and oxygen atoms in total. The van der Waals surface area contributed by atoms with E-state index in [4.69, 9.17) is 5.73 Å². The largest absolute Gasteiger partial charge is 0.367 e. The van der Waals surface area contributed by atoms with Gasteiger partial charge in [-0.05, 0) is 0 Å². The summed E-state index contributed by atoms with van der Waals surface area (Å²) in [7, 11) is 1.54. The monoisotopic (exact) mass is 226 g/mol. The van der Waals surface area contributed by atoms with Gasteiger partial charge in [0.25, 0.3) is 0 Å². The zero-order valence-electron chi connectivity index (χ0n) is 8.93. The summed E-state index contributed by atoms with van der Waals surface area (Å²) in [5.74, 6) is -0.239. The lowest BCUT2D eigenvalue weighted by molar-refractivity contribution is -0.122. The molecule has 0 radical (unpaired) electrons. The fourth-order valence-corrected chi connectivity index (χ4v) is 1.03. The second-order valence-electron chi connectivity index (χ2n) is 3.07. The summed E-state index contributed by atoms with van der Waals surface area (Å²) in [6.07, 6.45) is 1.62. The van der Waals surface area contributed by atoms with E-state index in [-0.39, 0.29) is 30.7 Å². The van der Waals surface area contributed by atoms with E-state index in [1.54, 1.807) is 7.05 Å². The van der Waals surface area contributed by atoms with Gasteiger partial charge in [0.2, 0.25) is 17.8 Å². The Bertz CT molecular complexity index is 374. The molecule has 8 heteroatoms. The Morgan fingerprint density at radius 1 is 1.50 bits per heavy atom. The van der Waals surface area contributed by atoms with Crippen LogP contribution in [-0.4, -0.2) is 40.2 Å². The molecule has 16 heavy (non-hydrogen) atoms. The number of hydrogen-bond donors (Lipinski definition) is 3. The van der Waals surface area contributed by atoms with E-state index in [1.165, 1.54) is 11.0 Å². The van der Waals surface area contributed by atoms with Crippen molar-refractivity contribution < 1.29 is 9.59 Å². The third-order valence-corrected chi connectivity index (χ3v) is 1.81. The first-order chi connectivity index (χ1) is 7.61. The van der Waals surface area contributed by atoms with Gasteiger partial charge in [0.1, 0.15) is 12.9 Å². The molecule has 1 aromatic rings. The van der Waals surface area contributed by atoms with Crippen LogP contribution in [0.4, 0.5) is 5.95 Å². The Hall–Kier alpha value is -2.12. The van der Waals surface area contributed by atoms with Crippen LogP contribution in [0.1, 0.15) is 6.42 Å². The average molecular weight is 226 g/mol. The average Bonchev–Trinajstić information content (AvgIpc) is 2.63. The van der Waals surface area contributed by atoms with Crippen molar-refractivity contribution in [2.45, 2.75) is 13.0 Å². The lowest BCUT2D eigenvalue weighted by Crippen LogP contribution is -2.31. The van der Waals surface area contributed by atoms with Crippen molar-refractivity contribution in [2.75, 3.05) is 19.3 Å². The zero-order chi connectivity index (χ0) is 12.0. The molecule has 88 valence electrons. The van der Waals surface area contributed by atoms with Gasteiger partial charge < -0.3 is 16.4 Å². The van der Waals surface area contributed by atoms with Crippen molar-refractivity contribution in [2.24, 2.45) is 0 Å². The molecule has 0 saturated carbocycles. The minimum Gasteiger partial charge on any atom is -0.367 e. The quantitative estimate of drug-likeness (QED) is 0.543. The summed E-state index contributed by atoms with van der Waals surface area (Å²) >= 11 is 0. The Morgan fingerprint density at radius 3 is 2.81 bits per heavy atom. The fraction of sp³-hybridized carbons (Fsp3) is 0.500. The highest BCUT2D eigenvalue weighted by Crippen LogP contribution is 1.88. The minimum absolute atomic E-state index is 0.0396. The van der Waals surface area contributed by atoms with Crippen LogP contribution >= 0.6 is 0 Å². The highest BCUT2D eigenvalue weighted by atomic mass is 16.2. The number of rotatable bonds is 5. The lowest BCUT2D eigenvalue weighted by Gasteiger charge is -2.03. The Labute approximate surface area is 92.2 Å². The summed E-state index contributed by atoms with van der Waals surface area (Å²) < 4.78 is 1.32. The van der Waals surface area contributed by atoms with Crippen molar-refractivity contribution in [3.05, 3.63) is 6.33 Å². The Balaban J connectivity index is 2.23. The molecule has 0 unspecified atom stereocenters. The van der Waals surface area contributed by atoms with E-state index in [0.29, 0.717) is 6.54 Å². The van der Waals surface area contributed by atoms with Crippen molar-refractivity contribution >= 4 is 17.8 Å². The van der Waals surface area contributed by atoms with Crippen molar-refractivity contribution in [3.63, 3.8) is 0 Å². The van der Waals surface area contributed by atoms with E-state index in [1.807, 2.05) is 0 Å². The Morgan fingerprint density at radius 2 is 2.25 bits per heavy atom. The molecular weight excluding hydrogens is 212 g/mol. The number of hydrogen-bond acceptors (Lipinski definition) is 5. The first-order valence-corrected chi connectivity index (χ1v) is 4.74. The summed E-state index contributed by atoms with van der Waals surface area (Å²) in [6, 6.07) is 0. The second-order valence-corrected chi connectivity index (χ2v) is 3.07. The van der Waals surface area contributed by atoms with Gasteiger partial charge in [-0.2, -0.15) is 0 Å². The maximum absolute atomic E-state index is 11.3. The number of carbonyl (C=O) groups is 2. The van der Waals surface area contributed by atoms with Crippen molar-refractivity contribution in [1.29, 1.82) is 0 Å². The number of nitrogens with two attached hydrogens (primary N) is 1. The van der Waals surface area contributed by atoms with E-state index >= 15 is 0 Å². The SMILES string of the molecule is CNC(=O)CCNC(=O)Cn1cnc(N)n1. The number of nitrogen functional groups attached to an aromatic ring is 1. The standard InChI is InChI=1S/C8H14N6O2/c1-10-6(15)2-3-11-7(16)4-14-5-12-8(9)13-14/h5H,2-4H2,1H3,(H2,9,13)(H,10,15)(H,11,16). The fourth-order valence-electron chi connectivity index (χ4n) is 1.03. The third-order valence-electron chi connectivity index (χ3n) is 1.81. The molecule has 1 heterocycles. The number of aromatic nitrogens is 3. The van der Waals surface area contributed by atoms with Gasteiger partial charge in [-0.3, -0.25) is 9.59 Å². The van der Waals surface area contributed by atoms with Crippen LogP contribution < -0.4 is 16.4 Å². The molecule has 0 saturated heterocycles. The summed E-state index contributed by atoms with van der Waals surface area (Å²) in [6.45, 7) is 0.334. The maximum Gasteiger partial charge on any atom is 0.241 e. The molecule has 0 atom stereocenters. The van der Waals surface area contributed by atoms with Gasteiger partial charge in [-0.25, -0.2) is 9.67 Å². The van der Waals surface area contributed by atoms with Crippen LogP contribution in [0.3, 0.4) is 0 Å². The van der Waals surface area contributed by atoms with Crippen molar-refractivity contribution in [3.8, 4) is 0 Å². The van der Waals surface area contributed by atoms with Crippen LogP contribution in [0.25, 0.3) is 0 Å². The molecule has 0 aliphatic rings. The zero-order valence-corrected chi connectivity index (χ0v) is 8.93. The number of anilines is 1. The molecule has 0 spiro atoms. The topological polar surface area (TPSA) is 115 Å². The first-order valence-electron chi connectivity index (χ1n) is 4.74. The van der Waals surface area contributed by atoms with Crippen LogP contribution in [0, 0.1) is 0 Å². The van der Waals surface area contributed by atoms with Gasteiger partial charge in [-0.15, -0.1) is 5.10 Å². The van der Waals surface area contributed by atoms with E-state index < -0.39 is 0 Å². The van der Waals surface area contributed by atoms with Crippen LogP contribution in [0.5, 0.6) is 0 Å². The highest BCUT2D eigenvalue weighted by molar-refractivity contribution is 5.78. The summed E-state index contributed by atoms with van der Waals surface area (Å²) in [5.41, 5.74) is 5.28. The second kappa shape index (κ2) is 5.69. The van der Waals surface area contributed by atoms with Gasteiger partial charge in [0.15, 0.2) is 0 Å². The molecule has 0 aliphatic carbocycles. The molecule has 0 aromatic carbocycles. The molecule has 1 aromatic heterocycles. The molecule has 0 bridgehead atoms. The molecule has 2 amide bonds. The molecule has 4 N–H and O–H groups in total. The number of nitrogens with zero attached hydrogens (tertiary/aromatic N) is 3. The normalized spacial score (nSPS) is 9.81. The van der Waals surface area contributed by atoms with Crippen molar-refractivity contribution in [1.82, 2.24) is 25.4 Å². The number of carbonyl (C=O) groups excluding carboxylic acids is 2. The molecule has 1 rings (SSSR count). The van der Waals surface area contributed by atoms with Gasteiger partial charge >= 0.3 is 0 Å². The molecular formula is C8H14N6O2. The third kappa shape index (κ3) is 3.95. The smallest absolute Gasteiger partial charge is 0.241 e. The van der Waals surface area contributed by atoms with E-state index in [9.17, 15) is 9.59 Å². The molecule has 0 aliphatic heterocycles. The van der Waals surface area contributed by atoms with Gasteiger partial charge in [0.05, 0.1) is 0 Å². The molecule has 0 fully saturated rings. The van der Waals surface area contributed by atoms with Crippen LogP contribution in [0.2, 0.25) is 0 Å². The maximum atomic E-state index is 11.3. The first kappa shape index (κ1) is 12.0. The van der Waals surface area contributed by atoms with Crippen LogP contribution in [-0.2, 0) is 16.1 Å². The summed E-state index contributed by atoms with van der Waals surface area (Å²) in [4.78, 5) is 25.8. The van der Waals surface area contributed by atoms with E-state index in [2.05, 4.69) is 20.7 Å². The Kier molecular flexibility index (Phi) is 4.25. The van der Waals surface area contributed by atoms with Crippen LogP contribution in [0.15, 0.2) is 6.33 Å². The predicted molar refractivity (Wildman–Crippen MR) is 56.1 cm³/mol.